The van der Waals surface area contributed by atoms with Crippen LogP contribution in [0.5, 0.6) is 0 Å². The van der Waals surface area contributed by atoms with Gasteiger partial charge in [-0.1, -0.05) is 25.7 Å². The number of carbonyl (C=O) groups is 1. The van der Waals surface area contributed by atoms with Crippen LogP contribution in [0.25, 0.3) is 0 Å². The zero-order valence-corrected chi connectivity index (χ0v) is 10.7. The van der Waals surface area contributed by atoms with Crippen LogP contribution in [0.3, 0.4) is 0 Å². The first-order valence-electron chi connectivity index (χ1n) is 7.21. The average Bonchev–Trinajstić information content (AvgIpc) is 2.57. The predicted molar refractivity (Wildman–Crippen MR) is 67.6 cm³/mol. The number of hydrogen-bond donors (Lipinski definition) is 1. The number of hydrogen-bond acceptors (Lipinski definition) is 2. The highest BCUT2D eigenvalue weighted by Gasteiger charge is 2.24. The van der Waals surface area contributed by atoms with E-state index in [-0.39, 0.29) is 12.0 Å². The van der Waals surface area contributed by atoms with Gasteiger partial charge in [0.15, 0.2) is 0 Å². The molecule has 98 valence electrons. The molecule has 1 atom stereocenters. The Kier molecular flexibility index (Phi) is 4.84. The van der Waals surface area contributed by atoms with Crippen molar-refractivity contribution in [2.75, 3.05) is 13.1 Å². The van der Waals surface area contributed by atoms with Crippen LogP contribution in [0.4, 0.5) is 0 Å². The number of amides is 1. The Bertz CT molecular complexity index is 247. The number of aliphatic hydroxyl groups is 1. The van der Waals surface area contributed by atoms with Gasteiger partial charge in [-0.3, -0.25) is 4.79 Å². The van der Waals surface area contributed by atoms with Crippen molar-refractivity contribution in [2.24, 2.45) is 5.92 Å². The monoisotopic (exact) mass is 239 g/mol. The van der Waals surface area contributed by atoms with E-state index in [2.05, 4.69) is 0 Å². The summed E-state index contributed by atoms with van der Waals surface area (Å²) in [6, 6.07) is 0. The second kappa shape index (κ2) is 6.39. The summed E-state index contributed by atoms with van der Waals surface area (Å²) in [7, 11) is 0. The van der Waals surface area contributed by atoms with Gasteiger partial charge in [-0.25, -0.2) is 0 Å². The second-order valence-corrected chi connectivity index (χ2v) is 5.70. The summed E-state index contributed by atoms with van der Waals surface area (Å²) < 4.78 is 0. The molecule has 0 aromatic rings. The molecule has 0 spiro atoms. The molecule has 0 aromatic heterocycles. The number of likely N-dealkylation sites (tertiary alicyclic amines) is 1. The van der Waals surface area contributed by atoms with Gasteiger partial charge in [0.2, 0.25) is 5.91 Å². The molecule has 1 N–H and O–H groups in total. The van der Waals surface area contributed by atoms with E-state index >= 15 is 0 Å². The number of aliphatic hydroxyl groups excluding tert-OH is 1. The second-order valence-electron chi connectivity index (χ2n) is 5.70. The van der Waals surface area contributed by atoms with Crippen molar-refractivity contribution in [3.63, 3.8) is 0 Å². The van der Waals surface area contributed by atoms with E-state index in [9.17, 15) is 9.90 Å². The molecule has 1 saturated heterocycles. The van der Waals surface area contributed by atoms with Crippen molar-refractivity contribution in [2.45, 2.75) is 63.9 Å². The molecule has 1 aliphatic heterocycles. The maximum absolute atomic E-state index is 12.1. The van der Waals surface area contributed by atoms with Crippen LogP contribution in [0, 0.1) is 5.92 Å². The topological polar surface area (TPSA) is 40.5 Å². The Balaban J connectivity index is 1.78. The Morgan fingerprint density at radius 2 is 1.76 bits per heavy atom. The summed E-state index contributed by atoms with van der Waals surface area (Å²) in [5, 5.41) is 9.59. The summed E-state index contributed by atoms with van der Waals surface area (Å²) in [4.78, 5) is 14.0. The molecule has 1 heterocycles. The van der Waals surface area contributed by atoms with Gasteiger partial charge in [0.25, 0.3) is 0 Å². The van der Waals surface area contributed by atoms with Gasteiger partial charge in [-0.15, -0.1) is 0 Å². The van der Waals surface area contributed by atoms with Crippen LogP contribution >= 0.6 is 0 Å². The molecular weight excluding hydrogens is 214 g/mol. The minimum Gasteiger partial charge on any atom is -0.391 e. The van der Waals surface area contributed by atoms with Crippen LogP contribution in [-0.4, -0.2) is 35.1 Å². The summed E-state index contributed by atoms with van der Waals surface area (Å²) in [6.45, 7) is 1.41. The Labute approximate surface area is 104 Å². The summed E-state index contributed by atoms with van der Waals surface area (Å²) in [5.74, 6) is 0.875. The molecule has 2 rings (SSSR count). The highest BCUT2D eigenvalue weighted by Crippen LogP contribution is 2.26. The third-order valence-electron chi connectivity index (χ3n) is 4.19. The summed E-state index contributed by atoms with van der Waals surface area (Å²) in [6.07, 6.45) is 9.95. The zero-order valence-electron chi connectivity index (χ0n) is 10.7. The normalized spacial score (nSPS) is 27.8. The van der Waals surface area contributed by atoms with Crippen LogP contribution in [-0.2, 0) is 4.79 Å². The van der Waals surface area contributed by atoms with E-state index in [0.717, 1.165) is 19.4 Å². The number of nitrogens with zero attached hydrogens (tertiary/aromatic N) is 1. The maximum Gasteiger partial charge on any atom is 0.222 e. The van der Waals surface area contributed by atoms with E-state index in [1.807, 2.05) is 4.90 Å². The maximum atomic E-state index is 12.1. The Morgan fingerprint density at radius 1 is 1.06 bits per heavy atom. The van der Waals surface area contributed by atoms with Gasteiger partial charge in [0.05, 0.1) is 6.10 Å². The Hall–Kier alpha value is -0.570. The lowest BCUT2D eigenvalue weighted by Gasteiger charge is -2.31. The molecule has 1 saturated carbocycles. The van der Waals surface area contributed by atoms with Gasteiger partial charge in [-0.05, 0) is 31.6 Å². The fraction of sp³-hybridized carbons (Fsp3) is 0.929. The average molecular weight is 239 g/mol. The van der Waals surface area contributed by atoms with Crippen molar-refractivity contribution >= 4 is 5.91 Å². The fourth-order valence-electron chi connectivity index (χ4n) is 3.13. The SMILES string of the molecule is O=C(CC1CCCCCC1)N1CCCC(O)C1. The van der Waals surface area contributed by atoms with Crippen molar-refractivity contribution in [1.29, 1.82) is 0 Å². The molecule has 2 fully saturated rings. The molecule has 1 amide bonds. The minimum absolute atomic E-state index is 0.274. The third-order valence-corrected chi connectivity index (χ3v) is 4.19. The number of piperidine rings is 1. The van der Waals surface area contributed by atoms with Crippen LogP contribution in [0.1, 0.15) is 57.8 Å². The first kappa shape index (κ1) is 12.9. The molecule has 3 nitrogen and oxygen atoms in total. The van der Waals surface area contributed by atoms with Gasteiger partial charge in [-0.2, -0.15) is 0 Å². The number of carbonyl (C=O) groups excluding carboxylic acids is 1. The molecule has 0 aromatic carbocycles. The van der Waals surface area contributed by atoms with E-state index in [1.54, 1.807) is 0 Å². The van der Waals surface area contributed by atoms with Crippen molar-refractivity contribution < 1.29 is 9.90 Å². The van der Waals surface area contributed by atoms with Gasteiger partial charge < -0.3 is 10.0 Å². The highest BCUT2D eigenvalue weighted by atomic mass is 16.3. The predicted octanol–water partition coefficient (Wildman–Crippen LogP) is 2.33. The lowest BCUT2D eigenvalue weighted by atomic mass is 9.95. The van der Waals surface area contributed by atoms with Crippen molar-refractivity contribution in [3.8, 4) is 0 Å². The van der Waals surface area contributed by atoms with Crippen molar-refractivity contribution in [1.82, 2.24) is 4.90 Å². The molecule has 2 aliphatic rings. The molecule has 17 heavy (non-hydrogen) atoms. The highest BCUT2D eigenvalue weighted by molar-refractivity contribution is 5.76. The van der Waals surface area contributed by atoms with Gasteiger partial charge in [0.1, 0.15) is 0 Å². The van der Waals surface area contributed by atoms with Crippen LogP contribution < -0.4 is 0 Å². The molecule has 1 unspecified atom stereocenters. The van der Waals surface area contributed by atoms with Gasteiger partial charge in [0, 0.05) is 19.5 Å². The van der Waals surface area contributed by atoms with E-state index < -0.39 is 0 Å². The van der Waals surface area contributed by atoms with E-state index in [0.29, 0.717) is 18.9 Å². The summed E-state index contributed by atoms with van der Waals surface area (Å²) >= 11 is 0. The quantitative estimate of drug-likeness (QED) is 0.751. The van der Waals surface area contributed by atoms with Crippen molar-refractivity contribution in [3.05, 3.63) is 0 Å². The van der Waals surface area contributed by atoms with Gasteiger partial charge >= 0.3 is 0 Å². The molecule has 3 heteroatoms. The standard InChI is InChI=1S/C14H25NO2/c16-13-8-5-9-15(11-13)14(17)10-12-6-3-1-2-4-7-12/h12-13,16H,1-11H2. The minimum atomic E-state index is -0.290. The third kappa shape index (κ3) is 3.98. The van der Waals surface area contributed by atoms with Crippen LogP contribution in [0.15, 0.2) is 0 Å². The Morgan fingerprint density at radius 3 is 2.41 bits per heavy atom. The molecule has 0 bridgehead atoms. The lowest BCUT2D eigenvalue weighted by molar-refractivity contribution is -0.135. The zero-order chi connectivity index (χ0) is 12.1. The fourth-order valence-corrected chi connectivity index (χ4v) is 3.13. The lowest BCUT2D eigenvalue weighted by Crippen LogP contribution is -2.42. The number of rotatable bonds is 2. The first-order chi connectivity index (χ1) is 8.25. The molecule has 1 aliphatic carbocycles. The van der Waals surface area contributed by atoms with E-state index in [4.69, 9.17) is 0 Å². The number of β-amino-alcohol motifs (C(OH)–C–C–N with tert-alkyl or cyclic N) is 1. The van der Waals surface area contributed by atoms with Crippen LogP contribution in [0.2, 0.25) is 0 Å². The largest absolute Gasteiger partial charge is 0.391 e. The molecule has 0 radical (unpaired) electrons. The first-order valence-corrected chi connectivity index (χ1v) is 7.21. The molecular formula is C14H25NO2. The van der Waals surface area contributed by atoms with E-state index in [1.165, 1.54) is 38.5 Å². The summed E-state index contributed by atoms with van der Waals surface area (Å²) in [5.41, 5.74) is 0. The smallest absolute Gasteiger partial charge is 0.222 e.